The van der Waals surface area contributed by atoms with Crippen molar-refractivity contribution in [3.63, 3.8) is 0 Å². The molecule has 30 heavy (non-hydrogen) atoms. The second-order valence-electron chi connectivity index (χ2n) is 7.44. The zero-order chi connectivity index (χ0) is 20.1. The average molecular weight is 542 g/mol. The molecular weight excluding hydrogens is 511 g/mol. The summed E-state index contributed by atoms with van der Waals surface area (Å²) >= 11 is 1.51. The van der Waals surface area contributed by atoms with Crippen LogP contribution in [0.4, 0.5) is 10.9 Å². The molecule has 0 saturated carbocycles. The van der Waals surface area contributed by atoms with Crippen LogP contribution in [0.15, 0.2) is 23.3 Å². The molecule has 2 saturated heterocycles. The van der Waals surface area contributed by atoms with Crippen LogP contribution in [0.5, 0.6) is 0 Å². The minimum Gasteiger partial charge on any atom is -0.357 e. The van der Waals surface area contributed by atoms with Gasteiger partial charge in [-0.05, 0) is 30.5 Å². The first-order chi connectivity index (χ1) is 14.3. The molecule has 4 rings (SSSR count). The molecule has 0 spiro atoms. The van der Waals surface area contributed by atoms with Crippen molar-refractivity contribution in [2.24, 2.45) is 4.99 Å². The van der Waals surface area contributed by atoms with Gasteiger partial charge in [0.15, 0.2) is 5.96 Å². The number of guanidine groups is 1. The molecule has 164 valence electrons. The smallest absolute Gasteiger partial charge is 0.205 e. The second-order valence-corrected chi connectivity index (χ2v) is 8.17. The van der Waals surface area contributed by atoms with E-state index in [1.54, 1.807) is 0 Å². The number of hydrogen-bond donors (Lipinski definition) is 1. The van der Waals surface area contributed by atoms with Crippen molar-refractivity contribution in [2.45, 2.75) is 32.7 Å². The molecule has 0 aromatic carbocycles. The Morgan fingerprint density at radius 2 is 1.90 bits per heavy atom. The maximum absolute atomic E-state index is 4.62. The maximum Gasteiger partial charge on any atom is 0.205 e. The third kappa shape index (κ3) is 5.51. The van der Waals surface area contributed by atoms with Gasteiger partial charge in [0, 0.05) is 77.0 Å². The first kappa shape index (κ1) is 23.0. The highest BCUT2D eigenvalue weighted by Crippen LogP contribution is 2.20. The van der Waals surface area contributed by atoms with Gasteiger partial charge in [-0.3, -0.25) is 4.99 Å². The lowest BCUT2D eigenvalue weighted by Gasteiger charge is -2.36. The van der Waals surface area contributed by atoms with Gasteiger partial charge in [0.25, 0.3) is 0 Å². The SMILES string of the molecule is CCc1nsc(N2CCN(C(=NC)NCc3ccnc(N4CCCC4)c3)CC2)n1.I. The van der Waals surface area contributed by atoms with E-state index in [1.165, 1.54) is 29.9 Å². The van der Waals surface area contributed by atoms with Crippen LogP contribution in [-0.2, 0) is 13.0 Å². The Kier molecular flexibility index (Phi) is 8.49. The van der Waals surface area contributed by atoms with Crippen molar-refractivity contribution < 1.29 is 0 Å². The summed E-state index contributed by atoms with van der Waals surface area (Å²) in [7, 11) is 1.86. The summed E-state index contributed by atoms with van der Waals surface area (Å²) in [6, 6.07) is 4.28. The zero-order valence-electron chi connectivity index (χ0n) is 17.8. The highest BCUT2D eigenvalue weighted by Gasteiger charge is 2.22. The third-order valence-corrected chi connectivity index (χ3v) is 6.34. The van der Waals surface area contributed by atoms with E-state index >= 15 is 0 Å². The molecular formula is C20H31IN8S. The quantitative estimate of drug-likeness (QED) is 0.354. The summed E-state index contributed by atoms with van der Waals surface area (Å²) in [6.07, 6.45) is 5.33. The van der Waals surface area contributed by atoms with E-state index in [-0.39, 0.29) is 24.0 Å². The number of aryl methyl sites for hydroxylation is 1. The van der Waals surface area contributed by atoms with Crippen LogP contribution in [0.2, 0.25) is 0 Å². The van der Waals surface area contributed by atoms with Crippen molar-refractivity contribution in [1.29, 1.82) is 0 Å². The molecule has 0 amide bonds. The maximum atomic E-state index is 4.62. The predicted octanol–water partition coefficient (Wildman–Crippen LogP) is 2.61. The zero-order valence-corrected chi connectivity index (χ0v) is 20.9. The summed E-state index contributed by atoms with van der Waals surface area (Å²) in [5, 5.41) is 4.56. The Morgan fingerprint density at radius 1 is 1.13 bits per heavy atom. The molecule has 2 aliphatic rings. The molecule has 10 heteroatoms. The van der Waals surface area contributed by atoms with Crippen LogP contribution in [0.3, 0.4) is 0 Å². The van der Waals surface area contributed by atoms with Crippen LogP contribution in [0.1, 0.15) is 31.2 Å². The Morgan fingerprint density at radius 3 is 2.57 bits per heavy atom. The average Bonchev–Trinajstić information content (AvgIpc) is 3.47. The molecule has 8 nitrogen and oxygen atoms in total. The molecule has 2 aliphatic heterocycles. The lowest BCUT2D eigenvalue weighted by molar-refractivity contribution is 0.372. The van der Waals surface area contributed by atoms with Gasteiger partial charge in [-0.15, -0.1) is 24.0 Å². The molecule has 0 unspecified atom stereocenters. The number of anilines is 2. The molecule has 2 aromatic rings. The van der Waals surface area contributed by atoms with E-state index in [0.717, 1.165) is 75.0 Å². The second kappa shape index (κ2) is 11.1. The number of nitrogens with zero attached hydrogens (tertiary/aromatic N) is 7. The summed E-state index contributed by atoms with van der Waals surface area (Å²) < 4.78 is 4.41. The summed E-state index contributed by atoms with van der Waals surface area (Å²) in [5.41, 5.74) is 1.24. The number of aromatic nitrogens is 3. The van der Waals surface area contributed by atoms with Crippen molar-refractivity contribution in [3.8, 4) is 0 Å². The molecule has 1 N–H and O–H groups in total. The van der Waals surface area contributed by atoms with Gasteiger partial charge in [0.2, 0.25) is 5.13 Å². The topological polar surface area (TPSA) is 72.8 Å². The highest BCUT2D eigenvalue weighted by atomic mass is 127. The number of pyridine rings is 1. The number of nitrogens with one attached hydrogen (secondary N) is 1. The lowest BCUT2D eigenvalue weighted by Crippen LogP contribution is -2.52. The first-order valence-electron chi connectivity index (χ1n) is 10.5. The van der Waals surface area contributed by atoms with Crippen LogP contribution in [-0.4, -0.2) is 71.5 Å². The summed E-state index contributed by atoms with van der Waals surface area (Å²) in [5.74, 6) is 2.99. The van der Waals surface area contributed by atoms with E-state index in [9.17, 15) is 0 Å². The summed E-state index contributed by atoms with van der Waals surface area (Å²) in [4.78, 5) is 20.7. The van der Waals surface area contributed by atoms with Gasteiger partial charge in [-0.1, -0.05) is 6.92 Å². The van der Waals surface area contributed by atoms with E-state index in [4.69, 9.17) is 0 Å². The Balaban J connectivity index is 0.00000256. The fraction of sp³-hybridized carbons (Fsp3) is 0.600. The molecule has 0 bridgehead atoms. The van der Waals surface area contributed by atoms with Gasteiger partial charge < -0.3 is 20.0 Å². The van der Waals surface area contributed by atoms with Gasteiger partial charge in [-0.2, -0.15) is 4.37 Å². The van der Waals surface area contributed by atoms with E-state index in [1.807, 2.05) is 13.2 Å². The van der Waals surface area contributed by atoms with Crippen LogP contribution in [0.25, 0.3) is 0 Å². The van der Waals surface area contributed by atoms with Crippen LogP contribution >= 0.6 is 35.5 Å². The number of hydrogen-bond acceptors (Lipinski definition) is 7. The van der Waals surface area contributed by atoms with Crippen molar-refractivity contribution in [1.82, 2.24) is 24.6 Å². The van der Waals surface area contributed by atoms with Gasteiger partial charge in [-0.25, -0.2) is 9.97 Å². The largest absolute Gasteiger partial charge is 0.357 e. The lowest BCUT2D eigenvalue weighted by atomic mass is 10.2. The molecule has 0 atom stereocenters. The van der Waals surface area contributed by atoms with E-state index in [0.29, 0.717) is 0 Å². The number of rotatable bonds is 5. The van der Waals surface area contributed by atoms with E-state index < -0.39 is 0 Å². The first-order valence-corrected chi connectivity index (χ1v) is 11.3. The van der Waals surface area contributed by atoms with Crippen molar-refractivity contribution >= 4 is 52.4 Å². The molecule has 0 aliphatic carbocycles. The highest BCUT2D eigenvalue weighted by molar-refractivity contribution is 14.0. The van der Waals surface area contributed by atoms with Crippen LogP contribution < -0.4 is 15.1 Å². The number of halogens is 1. The predicted molar refractivity (Wildman–Crippen MR) is 134 cm³/mol. The number of aliphatic imine (C=N–C) groups is 1. The normalized spacial score (nSPS) is 17.3. The minimum atomic E-state index is 0. The molecule has 0 radical (unpaired) electrons. The van der Waals surface area contributed by atoms with Crippen molar-refractivity contribution in [2.75, 3.05) is 56.1 Å². The third-order valence-electron chi connectivity index (χ3n) is 5.53. The fourth-order valence-corrected chi connectivity index (χ4v) is 4.63. The summed E-state index contributed by atoms with van der Waals surface area (Å²) in [6.45, 7) is 8.81. The number of piperazine rings is 1. The standard InChI is InChI=1S/C20H30N8S.HI/c1-3-17-24-20(29-25-17)28-12-10-27(11-13-28)19(21-2)23-15-16-6-7-22-18(14-16)26-8-4-5-9-26;/h6-7,14H,3-5,8-13,15H2,1-2H3,(H,21,23);1H. The molecule has 2 aromatic heterocycles. The van der Waals surface area contributed by atoms with Crippen molar-refractivity contribution in [3.05, 3.63) is 29.7 Å². The van der Waals surface area contributed by atoms with Gasteiger partial charge in [0.1, 0.15) is 11.6 Å². The Labute approximate surface area is 200 Å². The minimum absolute atomic E-state index is 0. The van der Waals surface area contributed by atoms with Gasteiger partial charge >= 0.3 is 0 Å². The van der Waals surface area contributed by atoms with E-state index in [2.05, 4.69) is 58.4 Å². The molecule has 2 fully saturated rings. The van der Waals surface area contributed by atoms with Crippen LogP contribution in [0, 0.1) is 0 Å². The Bertz CT molecular complexity index is 828. The molecule has 4 heterocycles. The Hall–Kier alpha value is -1.69. The van der Waals surface area contributed by atoms with Gasteiger partial charge in [0.05, 0.1) is 0 Å². The fourth-order valence-electron chi connectivity index (χ4n) is 3.83. The monoisotopic (exact) mass is 542 g/mol.